The van der Waals surface area contributed by atoms with Gasteiger partial charge in [0.15, 0.2) is 0 Å². The lowest BCUT2D eigenvalue weighted by atomic mass is 10.0. The van der Waals surface area contributed by atoms with Crippen molar-refractivity contribution in [2.24, 2.45) is 5.73 Å². The molecule has 1 aromatic heterocycles. The van der Waals surface area contributed by atoms with Crippen LogP contribution in [0, 0.1) is 0 Å². The van der Waals surface area contributed by atoms with Crippen LogP contribution in [0.5, 0.6) is 5.75 Å². The Bertz CT molecular complexity index is 543. The van der Waals surface area contributed by atoms with Gasteiger partial charge in [-0.15, -0.1) is 0 Å². The summed E-state index contributed by atoms with van der Waals surface area (Å²) in [7, 11) is 0. The van der Waals surface area contributed by atoms with Crippen LogP contribution in [0.4, 0.5) is 0 Å². The molecule has 0 amide bonds. The molecule has 3 nitrogen and oxygen atoms in total. The minimum atomic E-state index is 0.464. The van der Waals surface area contributed by atoms with Crippen molar-refractivity contribution in [2.45, 2.75) is 13.5 Å². The first kappa shape index (κ1) is 12.9. The average molecular weight is 263 g/mol. The number of pyridine rings is 1. The predicted molar refractivity (Wildman–Crippen MR) is 73.7 cm³/mol. The largest absolute Gasteiger partial charge is 0.492 e. The van der Waals surface area contributed by atoms with Crippen LogP contribution in [-0.4, -0.2) is 11.6 Å². The average Bonchev–Trinajstić information content (AvgIpc) is 2.39. The number of nitrogens with zero attached hydrogens (tertiary/aromatic N) is 1. The van der Waals surface area contributed by atoms with E-state index in [0.717, 1.165) is 22.4 Å². The molecule has 4 heteroatoms. The second-order valence-electron chi connectivity index (χ2n) is 3.85. The number of hydrogen-bond acceptors (Lipinski definition) is 3. The molecule has 2 rings (SSSR count). The number of ether oxygens (including phenoxy) is 1. The number of nitrogens with two attached hydrogens (primary N) is 1. The van der Waals surface area contributed by atoms with Crippen LogP contribution >= 0.6 is 11.6 Å². The van der Waals surface area contributed by atoms with Crippen LogP contribution in [0.15, 0.2) is 36.7 Å². The molecule has 0 fully saturated rings. The van der Waals surface area contributed by atoms with Gasteiger partial charge in [0.25, 0.3) is 0 Å². The van der Waals surface area contributed by atoms with Crippen molar-refractivity contribution in [1.82, 2.24) is 4.98 Å². The van der Waals surface area contributed by atoms with Crippen molar-refractivity contribution in [3.8, 4) is 16.9 Å². The highest BCUT2D eigenvalue weighted by Gasteiger charge is 2.06. The number of benzene rings is 1. The Morgan fingerprint density at radius 3 is 2.83 bits per heavy atom. The maximum Gasteiger partial charge on any atom is 0.138 e. The molecule has 0 saturated heterocycles. The summed E-state index contributed by atoms with van der Waals surface area (Å²) >= 11 is 6.03. The second kappa shape index (κ2) is 5.85. The first-order valence-electron chi connectivity index (χ1n) is 5.81. The fourth-order valence-corrected chi connectivity index (χ4v) is 1.98. The maximum absolute atomic E-state index is 6.03. The zero-order valence-corrected chi connectivity index (χ0v) is 10.9. The molecule has 94 valence electrons. The summed E-state index contributed by atoms with van der Waals surface area (Å²) in [6.45, 7) is 3.02. The molecule has 0 unspecified atom stereocenters. The van der Waals surface area contributed by atoms with Crippen molar-refractivity contribution < 1.29 is 4.74 Å². The molecule has 1 aromatic carbocycles. The Hall–Kier alpha value is -1.58. The lowest BCUT2D eigenvalue weighted by Crippen LogP contribution is -1.99. The van der Waals surface area contributed by atoms with Gasteiger partial charge >= 0.3 is 0 Å². The van der Waals surface area contributed by atoms with Gasteiger partial charge in [0.05, 0.1) is 12.8 Å². The van der Waals surface area contributed by atoms with Crippen molar-refractivity contribution >= 4 is 11.6 Å². The molecule has 0 atom stereocenters. The van der Waals surface area contributed by atoms with Crippen molar-refractivity contribution in [2.75, 3.05) is 6.61 Å². The highest BCUT2D eigenvalue weighted by molar-refractivity contribution is 6.30. The van der Waals surface area contributed by atoms with Gasteiger partial charge in [0.2, 0.25) is 0 Å². The van der Waals surface area contributed by atoms with E-state index in [1.54, 1.807) is 12.4 Å². The SMILES string of the molecule is CCOc1cncc(-c2cc(Cl)ccc2CN)c1. The third-order valence-electron chi connectivity index (χ3n) is 2.63. The van der Waals surface area contributed by atoms with Gasteiger partial charge in [-0.25, -0.2) is 0 Å². The quantitative estimate of drug-likeness (QED) is 0.920. The van der Waals surface area contributed by atoms with Crippen molar-refractivity contribution in [3.63, 3.8) is 0 Å². The fourth-order valence-electron chi connectivity index (χ4n) is 1.81. The summed E-state index contributed by atoms with van der Waals surface area (Å²) in [4.78, 5) is 4.18. The van der Waals surface area contributed by atoms with Gasteiger partial charge in [-0.1, -0.05) is 17.7 Å². The van der Waals surface area contributed by atoms with Gasteiger partial charge in [0, 0.05) is 23.3 Å². The molecule has 1 heterocycles. The highest BCUT2D eigenvalue weighted by atomic mass is 35.5. The molecule has 0 aliphatic carbocycles. The molecule has 0 bridgehead atoms. The van der Waals surface area contributed by atoms with E-state index in [0.29, 0.717) is 18.2 Å². The normalized spacial score (nSPS) is 10.4. The summed E-state index contributed by atoms with van der Waals surface area (Å²) in [5.74, 6) is 0.748. The molecule has 0 aliphatic heterocycles. The fraction of sp³-hybridized carbons (Fsp3) is 0.214. The van der Waals surface area contributed by atoms with E-state index in [1.807, 2.05) is 31.2 Å². The van der Waals surface area contributed by atoms with Crippen LogP contribution in [0.3, 0.4) is 0 Å². The number of aromatic nitrogens is 1. The lowest BCUT2D eigenvalue weighted by Gasteiger charge is -2.10. The second-order valence-corrected chi connectivity index (χ2v) is 4.28. The molecule has 2 aromatic rings. The van der Waals surface area contributed by atoms with Crippen molar-refractivity contribution in [1.29, 1.82) is 0 Å². The number of halogens is 1. The van der Waals surface area contributed by atoms with Crippen LogP contribution in [0.2, 0.25) is 5.02 Å². The topological polar surface area (TPSA) is 48.1 Å². The van der Waals surface area contributed by atoms with E-state index in [1.165, 1.54) is 0 Å². The molecule has 2 N–H and O–H groups in total. The molecular weight excluding hydrogens is 248 g/mol. The Labute approximate surface area is 112 Å². The monoisotopic (exact) mass is 262 g/mol. The lowest BCUT2D eigenvalue weighted by molar-refractivity contribution is 0.339. The van der Waals surface area contributed by atoms with E-state index in [-0.39, 0.29) is 0 Å². The third-order valence-corrected chi connectivity index (χ3v) is 2.86. The maximum atomic E-state index is 6.03. The number of rotatable bonds is 4. The van der Waals surface area contributed by atoms with E-state index in [9.17, 15) is 0 Å². The minimum Gasteiger partial charge on any atom is -0.492 e. The Morgan fingerprint density at radius 2 is 2.11 bits per heavy atom. The number of hydrogen-bond donors (Lipinski definition) is 1. The van der Waals surface area contributed by atoms with E-state index in [2.05, 4.69) is 4.98 Å². The predicted octanol–water partition coefficient (Wildman–Crippen LogP) is 3.26. The van der Waals surface area contributed by atoms with Crippen LogP contribution in [0.25, 0.3) is 11.1 Å². The van der Waals surface area contributed by atoms with Gasteiger partial charge < -0.3 is 10.5 Å². The Balaban J connectivity index is 2.47. The van der Waals surface area contributed by atoms with Gasteiger partial charge in [-0.05, 0) is 36.2 Å². The van der Waals surface area contributed by atoms with Crippen LogP contribution in [0.1, 0.15) is 12.5 Å². The Morgan fingerprint density at radius 1 is 1.28 bits per heavy atom. The molecule has 0 saturated carbocycles. The minimum absolute atomic E-state index is 0.464. The zero-order chi connectivity index (χ0) is 13.0. The summed E-state index contributed by atoms with van der Waals surface area (Å²) in [6.07, 6.45) is 3.48. The third kappa shape index (κ3) is 2.81. The molecule has 18 heavy (non-hydrogen) atoms. The standard InChI is InChI=1S/C14H15ClN2O/c1-2-18-13-5-11(8-17-9-13)14-6-12(15)4-3-10(14)7-16/h3-6,8-9H,2,7,16H2,1H3. The van der Waals surface area contributed by atoms with E-state index >= 15 is 0 Å². The van der Waals surface area contributed by atoms with E-state index in [4.69, 9.17) is 22.1 Å². The zero-order valence-electron chi connectivity index (χ0n) is 10.2. The van der Waals surface area contributed by atoms with E-state index < -0.39 is 0 Å². The molecule has 0 spiro atoms. The summed E-state index contributed by atoms with van der Waals surface area (Å²) in [5.41, 5.74) is 8.74. The smallest absolute Gasteiger partial charge is 0.138 e. The van der Waals surface area contributed by atoms with Crippen molar-refractivity contribution in [3.05, 3.63) is 47.2 Å². The summed E-state index contributed by atoms with van der Waals surface area (Å²) < 4.78 is 5.45. The van der Waals surface area contributed by atoms with Gasteiger partial charge in [-0.2, -0.15) is 0 Å². The summed E-state index contributed by atoms with van der Waals surface area (Å²) in [5, 5.41) is 0.684. The Kier molecular flexibility index (Phi) is 4.18. The van der Waals surface area contributed by atoms with Gasteiger partial charge in [-0.3, -0.25) is 4.98 Å². The first-order chi connectivity index (χ1) is 8.74. The molecule has 0 aliphatic rings. The first-order valence-corrected chi connectivity index (χ1v) is 6.19. The van der Waals surface area contributed by atoms with Gasteiger partial charge in [0.1, 0.15) is 5.75 Å². The molecular formula is C14H15ClN2O. The van der Waals surface area contributed by atoms with Crippen LogP contribution < -0.4 is 10.5 Å². The molecule has 0 radical (unpaired) electrons. The van der Waals surface area contributed by atoms with Crippen LogP contribution in [-0.2, 0) is 6.54 Å². The summed E-state index contributed by atoms with van der Waals surface area (Å²) in [6, 6.07) is 7.62. The highest BCUT2D eigenvalue weighted by Crippen LogP contribution is 2.28.